The van der Waals surface area contributed by atoms with E-state index < -0.39 is 0 Å². The summed E-state index contributed by atoms with van der Waals surface area (Å²) < 4.78 is 1.25. The van der Waals surface area contributed by atoms with Crippen molar-refractivity contribution in [3.63, 3.8) is 0 Å². The average Bonchev–Trinajstić information content (AvgIpc) is 2.29. The number of anilines is 1. The van der Waals surface area contributed by atoms with E-state index in [9.17, 15) is 0 Å². The van der Waals surface area contributed by atoms with Gasteiger partial charge in [-0.2, -0.15) is 0 Å². The number of nitrogens with zero attached hydrogens (tertiary/aromatic N) is 1. The Balaban J connectivity index is 2.16. The summed E-state index contributed by atoms with van der Waals surface area (Å²) in [7, 11) is 0. The molecule has 2 atom stereocenters. The summed E-state index contributed by atoms with van der Waals surface area (Å²) in [6, 6.07) is 6.86. The van der Waals surface area contributed by atoms with Gasteiger partial charge in [-0.25, -0.2) is 0 Å². The summed E-state index contributed by atoms with van der Waals surface area (Å²) in [5.41, 5.74) is 2.44. The molecule has 0 amide bonds. The van der Waals surface area contributed by atoms with Gasteiger partial charge in [-0.15, -0.1) is 0 Å². The van der Waals surface area contributed by atoms with Crippen molar-refractivity contribution in [1.82, 2.24) is 0 Å². The van der Waals surface area contributed by atoms with E-state index >= 15 is 0 Å². The van der Waals surface area contributed by atoms with Gasteiger partial charge >= 0.3 is 0 Å². The summed E-state index contributed by atoms with van der Waals surface area (Å²) in [5, 5.41) is 4.51. The van der Waals surface area contributed by atoms with Gasteiger partial charge in [-0.1, -0.05) is 24.8 Å². The Morgan fingerprint density at radius 2 is 2.18 bits per heavy atom. The van der Waals surface area contributed by atoms with E-state index in [0.717, 1.165) is 10.9 Å². The van der Waals surface area contributed by atoms with Crippen LogP contribution in [0.5, 0.6) is 0 Å². The van der Waals surface area contributed by atoms with Crippen LogP contribution in [0.25, 0.3) is 0 Å². The quantitative estimate of drug-likeness (QED) is 0.762. The Kier molecular flexibility index (Phi) is 4.36. The number of aliphatic imine (C=N–C) groups is 1. The molecule has 4 heteroatoms. The van der Waals surface area contributed by atoms with E-state index in [1.807, 2.05) is 11.8 Å². The van der Waals surface area contributed by atoms with Crippen LogP contribution in [-0.4, -0.2) is 17.0 Å². The van der Waals surface area contributed by atoms with E-state index in [1.165, 1.54) is 14.8 Å². The Labute approximate surface area is 121 Å². The molecule has 2 nitrogen and oxygen atoms in total. The van der Waals surface area contributed by atoms with E-state index in [2.05, 4.69) is 66.9 Å². The first-order valence-electron chi connectivity index (χ1n) is 5.80. The van der Waals surface area contributed by atoms with Gasteiger partial charge in [-0.3, -0.25) is 4.99 Å². The second-order valence-corrected chi connectivity index (χ2v) is 6.80. The molecular formula is C13H17IN2S. The first kappa shape index (κ1) is 13.2. The summed E-state index contributed by atoms with van der Waals surface area (Å²) in [4.78, 5) is 4.70. The molecule has 0 fully saturated rings. The maximum absolute atomic E-state index is 4.70. The minimum Gasteiger partial charge on any atom is -0.335 e. The number of amidine groups is 1. The summed E-state index contributed by atoms with van der Waals surface area (Å²) in [5.74, 6) is 1.82. The zero-order valence-electron chi connectivity index (χ0n) is 10.3. The molecule has 17 heavy (non-hydrogen) atoms. The van der Waals surface area contributed by atoms with E-state index in [1.54, 1.807) is 0 Å². The highest BCUT2D eigenvalue weighted by Gasteiger charge is 2.19. The van der Waals surface area contributed by atoms with Crippen LogP contribution in [0.3, 0.4) is 0 Å². The Morgan fingerprint density at radius 3 is 2.88 bits per heavy atom. The van der Waals surface area contributed by atoms with Crippen LogP contribution >= 0.6 is 34.4 Å². The number of rotatable bonds is 1. The molecule has 0 saturated heterocycles. The first-order chi connectivity index (χ1) is 8.06. The summed E-state index contributed by atoms with van der Waals surface area (Å²) >= 11 is 4.16. The molecule has 0 bridgehead atoms. The van der Waals surface area contributed by atoms with Crippen molar-refractivity contribution in [2.75, 3.05) is 11.1 Å². The molecule has 1 aliphatic rings. The lowest BCUT2D eigenvalue weighted by Gasteiger charge is -2.24. The van der Waals surface area contributed by atoms with Crippen LogP contribution in [0.15, 0.2) is 23.2 Å². The third-order valence-corrected chi connectivity index (χ3v) is 4.91. The number of hydrogen-bond acceptors (Lipinski definition) is 3. The van der Waals surface area contributed by atoms with Gasteiger partial charge in [-0.05, 0) is 60.1 Å². The maximum atomic E-state index is 4.70. The zero-order valence-corrected chi connectivity index (χ0v) is 13.3. The lowest BCUT2D eigenvalue weighted by Crippen LogP contribution is -2.25. The highest BCUT2D eigenvalue weighted by atomic mass is 127. The van der Waals surface area contributed by atoms with Crippen molar-refractivity contribution in [1.29, 1.82) is 0 Å². The van der Waals surface area contributed by atoms with Crippen LogP contribution in [0, 0.1) is 16.4 Å². The summed E-state index contributed by atoms with van der Waals surface area (Å²) in [6.45, 7) is 6.57. The Morgan fingerprint density at radius 1 is 1.41 bits per heavy atom. The second-order valence-electron chi connectivity index (χ2n) is 4.55. The van der Waals surface area contributed by atoms with Crippen LogP contribution < -0.4 is 5.32 Å². The molecule has 1 aromatic rings. The standard InChI is InChI=1S/C13H17IN2S/c1-8-4-5-11(14)6-12(8)16-13-15-10(3)9(2)7-17-13/h4-6,9-10H,7H2,1-3H3,(H,15,16). The molecule has 1 heterocycles. The molecule has 0 aromatic heterocycles. The van der Waals surface area contributed by atoms with Gasteiger partial charge in [0.1, 0.15) is 0 Å². The predicted molar refractivity (Wildman–Crippen MR) is 86.0 cm³/mol. The number of hydrogen-bond donors (Lipinski definition) is 1. The van der Waals surface area contributed by atoms with E-state index in [0.29, 0.717) is 12.0 Å². The number of thioether (sulfide) groups is 1. The Bertz CT molecular complexity index is 445. The third-order valence-electron chi connectivity index (χ3n) is 3.07. The molecule has 1 aromatic carbocycles. The van der Waals surface area contributed by atoms with Crippen LogP contribution in [0.1, 0.15) is 19.4 Å². The van der Waals surface area contributed by atoms with Gasteiger partial charge in [0.2, 0.25) is 0 Å². The fourth-order valence-electron chi connectivity index (χ4n) is 1.61. The maximum Gasteiger partial charge on any atom is 0.161 e. The van der Waals surface area contributed by atoms with Gasteiger partial charge < -0.3 is 5.32 Å². The van der Waals surface area contributed by atoms with Crippen LogP contribution in [-0.2, 0) is 0 Å². The van der Waals surface area contributed by atoms with Crippen LogP contribution in [0.4, 0.5) is 5.69 Å². The number of benzene rings is 1. The molecule has 1 N–H and O–H groups in total. The molecule has 0 aliphatic carbocycles. The number of halogens is 1. The molecule has 92 valence electrons. The number of aryl methyl sites for hydroxylation is 1. The molecule has 2 unspecified atom stereocenters. The molecule has 1 aliphatic heterocycles. The monoisotopic (exact) mass is 360 g/mol. The predicted octanol–water partition coefficient (Wildman–Crippen LogP) is 4.14. The minimum absolute atomic E-state index is 0.418. The van der Waals surface area contributed by atoms with Crippen molar-refractivity contribution >= 4 is 45.2 Å². The van der Waals surface area contributed by atoms with Crippen molar-refractivity contribution < 1.29 is 0 Å². The minimum atomic E-state index is 0.418. The van der Waals surface area contributed by atoms with Crippen molar-refractivity contribution in [3.05, 3.63) is 27.3 Å². The van der Waals surface area contributed by atoms with E-state index in [4.69, 9.17) is 4.99 Å². The average molecular weight is 360 g/mol. The van der Waals surface area contributed by atoms with Crippen molar-refractivity contribution in [2.45, 2.75) is 26.8 Å². The van der Waals surface area contributed by atoms with E-state index in [-0.39, 0.29) is 0 Å². The highest BCUT2D eigenvalue weighted by Crippen LogP contribution is 2.25. The topological polar surface area (TPSA) is 24.4 Å². The van der Waals surface area contributed by atoms with Gasteiger partial charge in [0.25, 0.3) is 0 Å². The molecule has 2 rings (SSSR count). The lowest BCUT2D eigenvalue weighted by molar-refractivity contribution is 0.537. The molecular weight excluding hydrogens is 343 g/mol. The van der Waals surface area contributed by atoms with Gasteiger partial charge in [0.15, 0.2) is 5.17 Å². The van der Waals surface area contributed by atoms with Crippen molar-refractivity contribution in [3.8, 4) is 0 Å². The molecule has 0 saturated carbocycles. The fraction of sp³-hybridized carbons (Fsp3) is 0.462. The summed E-state index contributed by atoms with van der Waals surface area (Å²) in [6.07, 6.45) is 0. The lowest BCUT2D eigenvalue weighted by atomic mass is 10.1. The largest absolute Gasteiger partial charge is 0.335 e. The SMILES string of the molecule is Cc1ccc(I)cc1NC1=NC(C)C(C)CS1. The zero-order chi connectivity index (χ0) is 12.4. The number of nitrogens with one attached hydrogen (secondary N) is 1. The second kappa shape index (κ2) is 5.61. The fourth-order valence-corrected chi connectivity index (χ4v) is 3.22. The van der Waals surface area contributed by atoms with Crippen molar-refractivity contribution in [2.24, 2.45) is 10.9 Å². The normalized spacial score (nSPS) is 24.4. The third kappa shape index (κ3) is 3.37. The molecule has 0 spiro atoms. The van der Waals surface area contributed by atoms with Crippen LogP contribution in [0.2, 0.25) is 0 Å². The smallest absolute Gasteiger partial charge is 0.161 e. The van der Waals surface area contributed by atoms with Gasteiger partial charge in [0, 0.05) is 15.0 Å². The van der Waals surface area contributed by atoms with Gasteiger partial charge in [0.05, 0.1) is 6.04 Å². The first-order valence-corrected chi connectivity index (χ1v) is 7.86. The molecule has 0 radical (unpaired) electrons. The highest BCUT2D eigenvalue weighted by molar-refractivity contribution is 14.1. The Hall–Kier alpha value is -0.230.